The summed E-state index contributed by atoms with van der Waals surface area (Å²) in [6.45, 7) is 2.48. The van der Waals surface area contributed by atoms with Crippen molar-refractivity contribution in [3.8, 4) is 0 Å². The monoisotopic (exact) mass is 326 g/mol. The van der Waals surface area contributed by atoms with Crippen molar-refractivity contribution in [2.24, 2.45) is 0 Å². The number of carbonyl (C=O) groups excluding carboxylic acids is 1. The Morgan fingerprint density at radius 2 is 2.15 bits per heavy atom. The first-order valence-electron chi connectivity index (χ1n) is 5.87. The number of benzene rings is 1. The molecule has 3 N–H and O–H groups in total. The van der Waals surface area contributed by atoms with Crippen LogP contribution in [0.3, 0.4) is 0 Å². The molecule has 0 bridgehead atoms. The van der Waals surface area contributed by atoms with Gasteiger partial charge in [-0.15, -0.1) is 10.2 Å². The first kappa shape index (κ1) is 15.1. The Labute approximate surface area is 129 Å². The summed E-state index contributed by atoms with van der Waals surface area (Å²) >= 11 is 4.49. The summed E-state index contributed by atoms with van der Waals surface area (Å²) in [7, 11) is 0. The predicted molar refractivity (Wildman–Crippen MR) is 84.7 cm³/mol. The van der Waals surface area contributed by atoms with Gasteiger partial charge in [0.2, 0.25) is 0 Å². The third-order valence-electron chi connectivity index (χ3n) is 2.37. The summed E-state index contributed by atoms with van der Waals surface area (Å²) < 4.78 is 1.72. The van der Waals surface area contributed by atoms with Crippen molar-refractivity contribution in [1.82, 2.24) is 15.5 Å². The molecule has 0 atom stereocenters. The second-order valence-corrected chi connectivity index (χ2v) is 7.07. The summed E-state index contributed by atoms with van der Waals surface area (Å²) in [5, 5.41) is 10.9. The van der Waals surface area contributed by atoms with Gasteiger partial charge < -0.3 is 11.1 Å². The van der Waals surface area contributed by atoms with E-state index < -0.39 is 0 Å². The average molecular weight is 326 g/mol. The maximum atomic E-state index is 11.8. The molecule has 0 unspecified atom stereocenters. The molecule has 2 aromatic rings. The van der Waals surface area contributed by atoms with E-state index in [-0.39, 0.29) is 5.91 Å². The van der Waals surface area contributed by atoms with Crippen molar-refractivity contribution in [3.63, 3.8) is 0 Å². The van der Waals surface area contributed by atoms with Crippen molar-refractivity contribution >= 4 is 46.5 Å². The zero-order valence-electron chi connectivity index (χ0n) is 11.0. The molecule has 1 amide bonds. The van der Waals surface area contributed by atoms with E-state index in [4.69, 9.17) is 5.73 Å². The van der Waals surface area contributed by atoms with E-state index in [9.17, 15) is 4.79 Å². The summed E-state index contributed by atoms with van der Waals surface area (Å²) in [6.07, 6.45) is 1.96. The minimum Gasteiger partial charge on any atom is -0.398 e. The number of nitrogen functional groups attached to an aromatic ring is 1. The molecule has 0 aliphatic heterocycles. The highest BCUT2D eigenvalue weighted by molar-refractivity contribution is 8.03. The van der Waals surface area contributed by atoms with Gasteiger partial charge in [0.1, 0.15) is 0 Å². The Balaban J connectivity index is 2.22. The SMILES string of the molecule is CCNC(=O)c1ccc(N)c(Sc2nnc(SC)s2)c1. The minimum absolute atomic E-state index is 0.101. The van der Waals surface area contributed by atoms with Crippen molar-refractivity contribution in [2.75, 3.05) is 18.5 Å². The van der Waals surface area contributed by atoms with Gasteiger partial charge in [0, 0.05) is 22.7 Å². The maximum Gasteiger partial charge on any atom is 0.251 e. The molecule has 1 aromatic heterocycles. The van der Waals surface area contributed by atoms with Gasteiger partial charge in [0.15, 0.2) is 8.68 Å². The van der Waals surface area contributed by atoms with Gasteiger partial charge in [-0.1, -0.05) is 34.9 Å². The Morgan fingerprint density at radius 1 is 1.40 bits per heavy atom. The van der Waals surface area contributed by atoms with Gasteiger partial charge in [-0.2, -0.15) is 0 Å². The van der Waals surface area contributed by atoms with Gasteiger partial charge in [0.25, 0.3) is 5.91 Å². The molecule has 0 spiro atoms. The van der Waals surface area contributed by atoms with Crippen LogP contribution in [0.4, 0.5) is 5.69 Å². The first-order valence-corrected chi connectivity index (χ1v) is 8.73. The summed E-state index contributed by atoms with van der Waals surface area (Å²) in [5.74, 6) is -0.101. The fourth-order valence-corrected chi connectivity index (χ4v) is 3.92. The van der Waals surface area contributed by atoms with Gasteiger partial charge >= 0.3 is 0 Å². The number of amides is 1. The number of hydrogen-bond donors (Lipinski definition) is 2. The van der Waals surface area contributed by atoms with Crippen molar-refractivity contribution in [2.45, 2.75) is 20.5 Å². The molecule has 106 valence electrons. The molecule has 1 heterocycles. The van der Waals surface area contributed by atoms with Gasteiger partial charge in [-0.05, 0) is 31.4 Å². The van der Waals surface area contributed by atoms with E-state index in [1.807, 2.05) is 13.2 Å². The fraction of sp³-hybridized carbons (Fsp3) is 0.250. The lowest BCUT2D eigenvalue weighted by Gasteiger charge is -2.06. The van der Waals surface area contributed by atoms with Gasteiger partial charge in [-0.25, -0.2) is 0 Å². The number of hydrogen-bond acceptors (Lipinski definition) is 7. The number of nitrogens with one attached hydrogen (secondary N) is 1. The van der Waals surface area contributed by atoms with Crippen LogP contribution in [0.2, 0.25) is 0 Å². The van der Waals surface area contributed by atoms with E-state index in [0.717, 1.165) is 13.6 Å². The lowest BCUT2D eigenvalue weighted by atomic mass is 10.2. The second kappa shape index (κ2) is 6.96. The number of nitrogens with zero attached hydrogens (tertiary/aromatic N) is 2. The van der Waals surface area contributed by atoms with Crippen molar-refractivity contribution in [3.05, 3.63) is 23.8 Å². The molecular weight excluding hydrogens is 312 g/mol. The van der Waals surface area contributed by atoms with Crippen LogP contribution in [0, 0.1) is 0 Å². The van der Waals surface area contributed by atoms with E-state index in [0.29, 0.717) is 17.8 Å². The molecule has 0 saturated carbocycles. The van der Waals surface area contributed by atoms with Crippen LogP contribution in [0.15, 0.2) is 31.8 Å². The number of thioether (sulfide) groups is 1. The topological polar surface area (TPSA) is 80.9 Å². The zero-order valence-corrected chi connectivity index (χ0v) is 13.5. The average Bonchev–Trinajstić information content (AvgIpc) is 2.89. The standard InChI is InChI=1S/C12H14N4OS3/c1-3-14-10(17)7-4-5-8(13)9(6-7)19-12-16-15-11(18-2)20-12/h4-6H,3,13H2,1-2H3,(H,14,17). The molecule has 20 heavy (non-hydrogen) atoms. The molecule has 0 radical (unpaired) electrons. The van der Waals surface area contributed by atoms with Crippen LogP contribution < -0.4 is 11.1 Å². The summed E-state index contributed by atoms with van der Waals surface area (Å²) in [6, 6.07) is 5.24. The molecule has 1 aromatic carbocycles. The van der Waals surface area contributed by atoms with Gasteiger partial charge in [0.05, 0.1) is 0 Å². The molecule has 8 heteroatoms. The Morgan fingerprint density at radius 3 is 2.80 bits per heavy atom. The highest BCUT2D eigenvalue weighted by atomic mass is 32.2. The molecule has 0 aliphatic rings. The first-order chi connectivity index (χ1) is 9.63. The van der Waals surface area contributed by atoms with Crippen LogP contribution in [0.5, 0.6) is 0 Å². The molecule has 0 aliphatic carbocycles. The summed E-state index contributed by atoms with van der Waals surface area (Å²) in [5.41, 5.74) is 7.17. The summed E-state index contributed by atoms with van der Waals surface area (Å²) in [4.78, 5) is 12.6. The van der Waals surface area contributed by atoms with Crippen molar-refractivity contribution < 1.29 is 4.79 Å². The predicted octanol–water partition coefficient (Wildman–Crippen LogP) is 2.74. The third-order valence-corrected chi connectivity index (χ3v) is 5.40. The lowest BCUT2D eigenvalue weighted by molar-refractivity contribution is 0.0955. The number of anilines is 1. The largest absolute Gasteiger partial charge is 0.398 e. The number of rotatable bonds is 5. The zero-order chi connectivity index (χ0) is 14.5. The van der Waals surface area contributed by atoms with E-state index in [2.05, 4.69) is 15.5 Å². The number of nitrogens with two attached hydrogens (primary N) is 1. The van der Waals surface area contributed by atoms with Crippen LogP contribution in [-0.4, -0.2) is 28.9 Å². The highest BCUT2D eigenvalue weighted by Gasteiger charge is 2.11. The lowest BCUT2D eigenvalue weighted by Crippen LogP contribution is -2.22. The molecular formula is C12H14N4OS3. The molecule has 0 saturated heterocycles. The van der Waals surface area contributed by atoms with E-state index >= 15 is 0 Å². The molecule has 2 rings (SSSR count). The van der Waals surface area contributed by atoms with Crippen LogP contribution >= 0.6 is 34.9 Å². The smallest absolute Gasteiger partial charge is 0.251 e. The molecule has 5 nitrogen and oxygen atoms in total. The third kappa shape index (κ3) is 3.65. The highest BCUT2D eigenvalue weighted by Crippen LogP contribution is 2.36. The van der Waals surface area contributed by atoms with Crippen LogP contribution in [0.25, 0.3) is 0 Å². The Hall–Kier alpha value is -1.25. The van der Waals surface area contributed by atoms with Crippen molar-refractivity contribution in [1.29, 1.82) is 0 Å². The van der Waals surface area contributed by atoms with Gasteiger partial charge in [-0.3, -0.25) is 4.79 Å². The van der Waals surface area contributed by atoms with Crippen LogP contribution in [0.1, 0.15) is 17.3 Å². The Bertz CT molecular complexity index is 614. The van der Waals surface area contributed by atoms with Crippen LogP contribution in [-0.2, 0) is 0 Å². The Kier molecular flexibility index (Phi) is 5.27. The minimum atomic E-state index is -0.101. The maximum absolute atomic E-state index is 11.8. The van der Waals surface area contributed by atoms with E-state index in [1.165, 1.54) is 23.1 Å². The quantitative estimate of drug-likeness (QED) is 0.649. The number of carbonyl (C=O) groups is 1. The second-order valence-electron chi connectivity index (χ2n) is 3.75. The number of aromatic nitrogens is 2. The fourth-order valence-electron chi connectivity index (χ4n) is 1.44. The molecule has 0 fully saturated rings. The van der Waals surface area contributed by atoms with E-state index in [1.54, 1.807) is 30.0 Å². The normalized spacial score (nSPS) is 10.5.